The molecule has 1 atom stereocenters. The zero-order chi connectivity index (χ0) is 19.5. The Kier molecular flexibility index (Phi) is 4.94. The summed E-state index contributed by atoms with van der Waals surface area (Å²) in [6.07, 6.45) is 0.694. The molecule has 0 N–H and O–H groups in total. The van der Waals surface area contributed by atoms with Gasteiger partial charge >= 0.3 is 5.97 Å². The first-order chi connectivity index (χ1) is 13.6. The number of ether oxygens (including phenoxy) is 1. The van der Waals surface area contributed by atoms with Crippen LogP contribution in [0.3, 0.4) is 0 Å². The van der Waals surface area contributed by atoms with Crippen LogP contribution in [0, 0.1) is 0 Å². The van der Waals surface area contributed by atoms with Gasteiger partial charge in [0.15, 0.2) is 0 Å². The number of carbonyl (C=O) groups excluding carboxylic acids is 2. The SMILES string of the molecule is CC(=O)O[C@@H](C(=O)N1c2ccccc2CCc2ccccc21)c1ccccc1. The van der Waals surface area contributed by atoms with Crippen LogP contribution in [0.1, 0.15) is 29.7 Å². The van der Waals surface area contributed by atoms with E-state index in [1.54, 1.807) is 17.0 Å². The van der Waals surface area contributed by atoms with Gasteiger partial charge in [-0.15, -0.1) is 0 Å². The molecule has 0 aliphatic carbocycles. The van der Waals surface area contributed by atoms with Crippen molar-refractivity contribution >= 4 is 23.3 Å². The number of nitrogens with zero attached hydrogens (tertiary/aromatic N) is 1. The maximum Gasteiger partial charge on any atom is 0.303 e. The van der Waals surface area contributed by atoms with Crippen molar-refractivity contribution < 1.29 is 14.3 Å². The molecule has 4 nitrogen and oxygen atoms in total. The molecule has 3 aromatic rings. The van der Waals surface area contributed by atoms with E-state index in [0.29, 0.717) is 5.56 Å². The van der Waals surface area contributed by atoms with Crippen molar-refractivity contribution in [2.24, 2.45) is 0 Å². The van der Waals surface area contributed by atoms with E-state index in [4.69, 9.17) is 4.74 Å². The molecule has 1 heterocycles. The lowest BCUT2D eigenvalue weighted by atomic mass is 10.0. The quantitative estimate of drug-likeness (QED) is 0.624. The molecule has 0 aromatic heterocycles. The van der Waals surface area contributed by atoms with Crippen LogP contribution >= 0.6 is 0 Å². The minimum absolute atomic E-state index is 0.275. The molecule has 0 saturated carbocycles. The highest BCUT2D eigenvalue weighted by molar-refractivity contribution is 6.05. The fourth-order valence-electron chi connectivity index (χ4n) is 3.69. The van der Waals surface area contributed by atoms with Crippen molar-refractivity contribution in [2.75, 3.05) is 4.90 Å². The van der Waals surface area contributed by atoms with Gasteiger partial charge in [0.25, 0.3) is 5.91 Å². The Labute approximate surface area is 164 Å². The van der Waals surface area contributed by atoms with Gasteiger partial charge < -0.3 is 4.74 Å². The summed E-state index contributed by atoms with van der Waals surface area (Å²) in [7, 11) is 0. The van der Waals surface area contributed by atoms with Crippen LogP contribution in [0.15, 0.2) is 78.9 Å². The zero-order valence-corrected chi connectivity index (χ0v) is 15.7. The molecule has 0 unspecified atom stereocenters. The van der Waals surface area contributed by atoms with E-state index in [9.17, 15) is 9.59 Å². The van der Waals surface area contributed by atoms with E-state index < -0.39 is 12.1 Å². The summed E-state index contributed by atoms with van der Waals surface area (Å²) in [5, 5.41) is 0. The lowest BCUT2D eigenvalue weighted by Gasteiger charge is -2.28. The third kappa shape index (κ3) is 3.41. The number of rotatable bonds is 3. The van der Waals surface area contributed by atoms with Gasteiger partial charge in [-0.25, -0.2) is 0 Å². The van der Waals surface area contributed by atoms with Crippen molar-refractivity contribution in [1.29, 1.82) is 0 Å². The van der Waals surface area contributed by atoms with Gasteiger partial charge in [0.1, 0.15) is 0 Å². The summed E-state index contributed by atoms with van der Waals surface area (Å²) < 4.78 is 5.49. The van der Waals surface area contributed by atoms with Crippen LogP contribution < -0.4 is 4.90 Å². The maximum atomic E-state index is 13.8. The first-order valence-corrected chi connectivity index (χ1v) is 9.37. The topological polar surface area (TPSA) is 46.6 Å². The fourth-order valence-corrected chi connectivity index (χ4v) is 3.69. The summed E-state index contributed by atoms with van der Waals surface area (Å²) in [6.45, 7) is 1.33. The Balaban J connectivity index is 1.86. The maximum absolute atomic E-state index is 13.8. The van der Waals surface area contributed by atoms with Crippen molar-refractivity contribution in [2.45, 2.75) is 25.9 Å². The number of aryl methyl sites for hydroxylation is 2. The lowest BCUT2D eigenvalue weighted by Crippen LogP contribution is -2.34. The second kappa shape index (κ2) is 7.69. The van der Waals surface area contributed by atoms with Gasteiger partial charge in [-0.3, -0.25) is 14.5 Å². The smallest absolute Gasteiger partial charge is 0.303 e. The molecule has 0 saturated heterocycles. The Bertz CT molecular complexity index is 966. The van der Waals surface area contributed by atoms with E-state index in [1.807, 2.05) is 66.7 Å². The molecular weight excluding hydrogens is 350 g/mol. The number of benzene rings is 3. The molecule has 28 heavy (non-hydrogen) atoms. The molecule has 1 amide bonds. The normalized spacial score (nSPS) is 13.7. The lowest BCUT2D eigenvalue weighted by molar-refractivity contribution is -0.153. The zero-order valence-electron chi connectivity index (χ0n) is 15.7. The highest BCUT2D eigenvalue weighted by Gasteiger charge is 2.33. The molecule has 4 rings (SSSR count). The van der Waals surface area contributed by atoms with Gasteiger partial charge in [-0.05, 0) is 36.1 Å². The van der Waals surface area contributed by atoms with E-state index in [2.05, 4.69) is 0 Å². The van der Waals surface area contributed by atoms with Gasteiger partial charge in [-0.1, -0.05) is 66.7 Å². The van der Waals surface area contributed by atoms with Crippen LogP contribution in [-0.4, -0.2) is 11.9 Å². The van der Waals surface area contributed by atoms with Crippen molar-refractivity contribution in [3.05, 3.63) is 95.6 Å². The Hall–Kier alpha value is -3.40. The second-order valence-corrected chi connectivity index (χ2v) is 6.83. The molecular formula is C24H21NO3. The van der Waals surface area contributed by atoms with Crippen LogP contribution in [-0.2, 0) is 27.2 Å². The van der Waals surface area contributed by atoms with Crippen LogP contribution in [0.5, 0.6) is 0 Å². The van der Waals surface area contributed by atoms with Gasteiger partial charge in [0.2, 0.25) is 6.10 Å². The third-order valence-electron chi connectivity index (χ3n) is 4.96. The van der Waals surface area contributed by atoms with Crippen molar-refractivity contribution in [1.82, 2.24) is 0 Å². The van der Waals surface area contributed by atoms with Crippen LogP contribution in [0.25, 0.3) is 0 Å². The minimum Gasteiger partial charge on any atom is -0.447 e. The average Bonchev–Trinajstić information content (AvgIpc) is 2.89. The van der Waals surface area contributed by atoms with Crippen LogP contribution in [0.2, 0.25) is 0 Å². The number of hydrogen-bond acceptors (Lipinski definition) is 3. The number of anilines is 2. The summed E-state index contributed by atoms with van der Waals surface area (Å²) in [5.74, 6) is -0.762. The molecule has 0 fully saturated rings. The molecule has 0 bridgehead atoms. The predicted octanol–water partition coefficient (Wildman–Crippen LogP) is 4.75. The average molecular weight is 371 g/mol. The molecule has 140 valence electrons. The highest BCUT2D eigenvalue weighted by Crippen LogP contribution is 2.38. The summed E-state index contributed by atoms with van der Waals surface area (Å²) in [5.41, 5.74) is 4.53. The van der Waals surface area contributed by atoms with Gasteiger partial charge in [0.05, 0.1) is 11.4 Å². The molecule has 4 heteroatoms. The Morgan fingerprint density at radius 3 is 1.82 bits per heavy atom. The standard InChI is InChI=1S/C24H21NO3/c1-17(26)28-23(20-11-3-2-4-12-20)24(27)25-21-13-7-5-9-18(21)15-16-19-10-6-8-14-22(19)25/h2-14,23H,15-16H2,1H3/t23-/m1/s1. The van der Waals surface area contributed by atoms with E-state index in [-0.39, 0.29) is 5.91 Å². The predicted molar refractivity (Wildman–Crippen MR) is 108 cm³/mol. The number of hydrogen-bond donors (Lipinski definition) is 0. The summed E-state index contributed by atoms with van der Waals surface area (Å²) in [6, 6.07) is 25.0. The third-order valence-corrected chi connectivity index (χ3v) is 4.96. The minimum atomic E-state index is -1.00. The van der Waals surface area contributed by atoms with E-state index in [1.165, 1.54) is 6.92 Å². The first-order valence-electron chi connectivity index (χ1n) is 9.37. The van der Waals surface area contributed by atoms with Gasteiger partial charge in [0, 0.05) is 12.5 Å². The molecule has 0 radical (unpaired) electrons. The number of carbonyl (C=O) groups is 2. The Morgan fingerprint density at radius 2 is 1.29 bits per heavy atom. The number of para-hydroxylation sites is 2. The highest BCUT2D eigenvalue weighted by atomic mass is 16.5. The first kappa shape index (κ1) is 18.0. The number of esters is 1. The van der Waals surface area contributed by atoms with Crippen LogP contribution in [0.4, 0.5) is 11.4 Å². The summed E-state index contributed by atoms with van der Waals surface area (Å²) in [4.78, 5) is 27.2. The largest absolute Gasteiger partial charge is 0.447 e. The monoisotopic (exact) mass is 371 g/mol. The van der Waals surface area contributed by atoms with Crippen molar-refractivity contribution in [3.8, 4) is 0 Å². The second-order valence-electron chi connectivity index (χ2n) is 6.83. The van der Waals surface area contributed by atoms with Gasteiger partial charge in [-0.2, -0.15) is 0 Å². The van der Waals surface area contributed by atoms with E-state index in [0.717, 1.165) is 35.3 Å². The molecule has 1 aliphatic heterocycles. The molecule has 3 aromatic carbocycles. The fraction of sp³-hybridized carbons (Fsp3) is 0.167. The molecule has 0 spiro atoms. The summed E-state index contributed by atoms with van der Waals surface area (Å²) >= 11 is 0. The number of amides is 1. The Morgan fingerprint density at radius 1 is 0.786 bits per heavy atom. The van der Waals surface area contributed by atoms with Crippen molar-refractivity contribution in [3.63, 3.8) is 0 Å². The number of fused-ring (bicyclic) bond motifs is 2. The molecule has 1 aliphatic rings. The van der Waals surface area contributed by atoms with E-state index >= 15 is 0 Å².